The average molecular weight is 206 g/mol. The Morgan fingerprint density at radius 3 is 2.57 bits per heavy atom. The minimum Gasteiger partial charge on any atom is -0.481 e. The summed E-state index contributed by atoms with van der Waals surface area (Å²) in [5.41, 5.74) is 0.808. The van der Waals surface area contributed by atoms with Crippen LogP contribution in [-0.2, 0) is 11.2 Å². The van der Waals surface area contributed by atoms with E-state index < -0.39 is 5.97 Å². The number of carboxylic acids is 1. The van der Waals surface area contributed by atoms with Gasteiger partial charge in [0.05, 0.1) is 12.2 Å². The molecule has 1 aromatic rings. The van der Waals surface area contributed by atoms with Gasteiger partial charge in [-0.15, -0.1) is 18.2 Å². The summed E-state index contributed by atoms with van der Waals surface area (Å²) in [4.78, 5) is 11.5. The molecule has 0 saturated heterocycles. The molecule has 0 aliphatic rings. The molecule has 0 radical (unpaired) electrons. The molecule has 1 N–H and O–H groups in total. The Labute approximate surface area is 87.3 Å². The van der Waals surface area contributed by atoms with Crippen LogP contribution in [0.5, 0.6) is 0 Å². The zero-order valence-corrected chi connectivity index (χ0v) is 8.38. The lowest BCUT2D eigenvalue weighted by molar-refractivity contribution is -0.136. The van der Waals surface area contributed by atoms with Crippen LogP contribution in [0.3, 0.4) is 0 Å². The van der Waals surface area contributed by atoms with Crippen molar-refractivity contribution in [1.82, 2.24) is 0 Å². The molecule has 1 rings (SSSR count). The Morgan fingerprint density at radius 1 is 1.43 bits per heavy atom. The number of benzene rings is 1. The second-order valence-electron chi connectivity index (χ2n) is 2.71. The fraction of sp³-hybridized carbons (Fsp3) is 0.182. The Bertz CT molecular complexity index is 349. The van der Waals surface area contributed by atoms with Crippen molar-refractivity contribution in [3.8, 4) is 12.3 Å². The first-order valence-corrected chi connectivity index (χ1v) is 5.08. The summed E-state index contributed by atoms with van der Waals surface area (Å²) < 4.78 is 0. The monoisotopic (exact) mass is 206 g/mol. The first-order valence-electron chi connectivity index (χ1n) is 4.09. The standard InChI is InChI=1S/C11H10O2S/c1-2-7-14-10-5-3-9(4-6-10)8-11(12)13/h1,3-6H,7-8H2,(H,12,13). The molecule has 3 heteroatoms. The van der Waals surface area contributed by atoms with Gasteiger partial charge in [-0.3, -0.25) is 4.79 Å². The number of hydrogen-bond acceptors (Lipinski definition) is 2. The van der Waals surface area contributed by atoms with Gasteiger partial charge >= 0.3 is 5.97 Å². The minimum absolute atomic E-state index is 0.0695. The molecular formula is C11H10O2S. The van der Waals surface area contributed by atoms with Gasteiger partial charge in [0.2, 0.25) is 0 Å². The normalized spacial score (nSPS) is 9.36. The summed E-state index contributed by atoms with van der Waals surface area (Å²) in [5, 5.41) is 8.55. The summed E-state index contributed by atoms with van der Waals surface area (Å²) in [7, 11) is 0. The van der Waals surface area contributed by atoms with E-state index in [9.17, 15) is 4.79 Å². The topological polar surface area (TPSA) is 37.3 Å². The van der Waals surface area contributed by atoms with Crippen molar-refractivity contribution in [2.45, 2.75) is 11.3 Å². The van der Waals surface area contributed by atoms with Crippen LogP contribution in [0.4, 0.5) is 0 Å². The molecule has 0 saturated carbocycles. The number of aliphatic carboxylic acids is 1. The average Bonchev–Trinajstić information content (AvgIpc) is 2.16. The molecule has 72 valence electrons. The lowest BCUT2D eigenvalue weighted by Crippen LogP contribution is -1.99. The van der Waals surface area contributed by atoms with E-state index in [1.807, 2.05) is 24.3 Å². The van der Waals surface area contributed by atoms with Crippen LogP contribution < -0.4 is 0 Å². The highest BCUT2D eigenvalue weighted by atomic mass is 32.2. The summed E-state index contributed by atoms with van der Waals surface area (Å²) in [6.07, 6.45) is 5.19. The highest BCUT2D eigenvalue weighted by Gasteiger charge is 1.99. The predicted octanol–water partition coefficient (Wildman–Crippen LogP) is 2.04. The smallest absolute Gasteiger partial charge is 0.307 e. The molecule has 0 unspecified atom stereocenters. The van der Waals surface area contributed by atoms with E-state index in [0.717, 1.165) is 10.5 Å². The van der Waals surface area contributed by atoms with E-state index in [2.05, 4.69) is 5.92 Å². The maximum absolute atomic E-state index is 10.4. The van der Waals surface area contributed by atoms with Crippen molar-refractivity contribution in [2.24, 2.45) is 0 Å². The maximum atomic E-state index is 10.4. The van der Waals surface area contributed by atoms with Crippen molar-refractivity contribution in [3.05, 3.63) is 29.8 Å². The Balaban J connectivity index is 2.60. The zero-order chi connectivity index (χ0) is 10.4. The van der Waals surface area contributed by atoms with Gasteiger partial charge in [-0.2, -0.15) is 0 Å². The van der Waals surface area contributed by atoms with Crippen LogP contribution in [0, 0.1) is 12.3 Å². The Kier molecular flexibility index (Phi) is 4.09. The molecule has 0 aliphatic carbocycles. The highest BCUT2D eigenvalue weighted by Crippen LogP contribution is 2.17. The number of thioether (sulfide) groups is 1. The summed E-state index contributed by atoms with van der Waals surface area (Å²) in [5.74, 6) is 2.36. The van der Waals surface area contributed by atoms with Crippen molar-refractivity contribution < 1.29 is 9.90 Å². The van der Waals surface area contributed by atoms with Gasteiger partial charge in [-0.1, -0.05) is 18.1 Å². The Morgan fingerprint density at radius 2 is 2.07 bits per heavy atom. The SMILES string of the molecule is C#CCSc1ccc(CC(=O)O)cc1. The summed E-state index contributed by atoms with van der Waals surface area (Å²) in [6, 6.07) is 7.40. The van der Waals surface area contributed by atoms with Crippen LogP contribution in [0.2, 0.25) is 0 Å². The molecule has 0 aromatic heterocycles. The number of rotatable bonds is 4. The molecule has 0 fully saturated rings. The van der Waals surface area contributed by atoms with Gasteiger partial charge in [0.25, 0.3) is 0 Å². The molecule has 14 heavy (non-hydrogen) atoms. The lowest BCUT2D eigenvalue weighted by Gasteiger charge is -1.99. The third-order valence-corrected chi connectivity index (χ3v) is 2.52. The van der Waals surface area contributed by atoms with E-state index in [1.54, 1.807) is 11.8 Å². The number of terminal acetylenes is 1. The van der Waals surface area contributed by atoms with Crippen molar-refractivity contribution in [1.29, 1.82) is 0 Å². The quantitative estimate of drug-likeness (QED) is 0.605. The predicted molar refractivity (Wildman–Crippen MR) is 57.3 cm³/mol. The van der Waals surface area contributed by atoms with Crippen LogP contribution in [0.15, 0.2) is 29.2 Å². The molecule has 0 aliphatic heterocycles. The molecule has 2 nitrogen and oxygen atoms in total. The van der Waals surface area contributed by atoms with Crippen LogP contribution in [0.25, 0.3) is 0 Å². The second-order valence-corrected chi connectivity index (χ2v) is 3.76. The van der Waals surface area contributed by atoms with E-state index in [0.29, 0.717) is 5.75 Å². The number of hydrogen-bond donors (Lipinski definition) is 1. The molecule has 0 spiro atoms. The van der Waals surface area contributed by atoms with Crippen LogP contribution in [-0.4, -0.2) is 16.8 Å². The van der Waals surface area contributed by atoms with Crippen molar-refractivity contribution >= 4 is 17.7 Å². The third-order valence-electron chi connectivity index (χ3n) is 1.60. The minimum atomic E-state index is -0.811. The molecule has 1 aromatic carbocycles. The van der Waals surface area contributed by atoms with Gasteiger partial charge in [0, 0.05) is 4.90 Å². The Hall–Kier alpha value is -1.40. The molecule has 0 atom stereocenters. The first kappa shape index (κ1) is 10.7. The van der Waals surface area contributed by atoms with Gasteiger partial charge in [-0.05, 0) is 17.7 Å². The fourth-order valence-corrected chi connectivity index (χ4v) is 1.58. The molecular weight excluding hydrogens is 196 g/mol. The lowest BCUT2D eigenvalue weighted by atomic mass is 10.2. The van der Waals surface area contributed by atoms with Gasteiger partial charge in [-0.25, -0.2) is 0 Å². The first-order chi connectivity index (χ1) is 6.72. The van der Waals surface area contributed by atoms with Crippen molar-refractivity contribution in [2.75, 3.05) is 5.75 Å². The van der Waals surface area contributed by atoms with E-state index in [1.165, 1.54) is 0 Å². The molecule has 0 bridgehead atoms. The van der Waals surface area contributed by atoms with Crippen molar-refractivity contribution in [3.63, 3.8) is 0 Å². The van der Waals surface area contributed by atoms with E-state index >= 15 is 0 Å². The zero-order valence-electron chi connectivity index (χ0n) is 7.56. The fourth-order valence-electron chi connectivity index (χ4n) is 1.00. The molecule has 0 heterocycles. The summed E-state index contributed by atoms with van der Waals surface area (Å²) >= 11 is 1.56. The number of carboxylic acid groups (broad SMARTS) is 1. The maximum Gasteiger partial charge on any atom is 0.307 e. The largest absolute Gasteiger partial charge is 0.481 e. The number of carbonyl (C=O) groups is 1. The second kappa shape index (κ2) is 5.36. The molecule has 0 amide bonds. The van der Waals surface area contributed by atoms with Crippen LogP contribution in [0.1, 0.15) is 5.56 Å². The third kappa shape index (κ3) is 3.55. The van der Waals surface area contributed by atoms with Gasteiger partial charge < -0.3 is 5.11 Å². The van der Waals surface area contributed by atoms with Crippen LogP contribution >= 0.6 is 11.8 Å². The highest BCUT2D eigenvalue weighted by molar-refractivity contribution is 7.99. The van der Waals surface area contributed by atoms with E-state index in [4.69, 9.17) is 11.5 Å². The van der Waals surface area contributed by atoms with Gasteiger partial charge in [0.1, 0.15) is 0 Å². The van der Waals surface area contributed by atoms with E-state index in [-0.39, 0.29) is 6.42 Å². The summed E-state index contributed by atoms with van der Waals surface area (Å²) in [6.45, 7) is 0. The van der Waals surface area contributed by atoms with Gasteiger partial charge in [0.15, 0.2) is 0 Å².